The molecule has 0 spiro atoms. The average Bonchev–Trinajstić information content (AvgIpc) is 2.98. The second-order valence-electron chi connectivity index (χ2n) is 4.87. The third-order valence-corrected chi connectivity index (χ3v) is 4.56. The van der Waals surface area contributed by atoms with E-state index in [-0.39, 0.29) is 24.1 Å². The predicted octanol–water partition coefficient (Wildman–Crippen LogP) is 2.11. The summed E-state index contributed by atoms with van der Waals surface area (Å²) in [6.45, 7) is 1.88. The predicted molar refractivity (Wildman–Crippen MR) is 83.4 cm³/mol. The highest BCUT2D eigenvalue weighted by atomic mass is 35.5. The highest BCUT2D eigenvalue weighted by Gasteiger charge is 2.23. The van der Waals surface area contributed by atoms with Crippen molar-refractivity contribution in [3.05, 3.63) is 40.7 Å². The van der Waals surface area contributed by atoms with Gasteiger partial charge < -0.3 is 9.73 Å². The third-order valence-electron chi connectivity index (χ3n) is 2.90. The van der Waals surface area contributed by atoms with Crippen molar-refractivity contribution in [2.75, 3.05) is 0 Å². The number of carbonyl (C=O) groups is 1. The lowest BCUT2D eigenvalue weighted by atomic mass is 10.2. The van der Waals surface area contributed by atoms with Crippen molar-refractivity contribution in [1.29, 1.82) is 0 Å². The van der Waals surface area contributed by atoms with Crippen LogP contribution in [-0.2, 0) is 26.9 Å². The normalized spacial score (nSPS) is 11.4. The molecule has 1 aromatic carbocycles. The summed E-state index contributed by atoms with van der Waals surface area (Å²) >= 11 is 5.76. The van der Waals surface area contributed by atoms with Gasteiger partial charge in [0.05, 0.1) is 12.3 Å². The number of aromatic nitrogens is 2. The molecule has 0 bridgehead atoms. The summed E-state index contributed by atoms with van der Waals surface area (Å²) in [5.74, 6) is -0.381. The van der Waals surface area contributed by atoms with Crippen molar-refractivity contribution >= 4 is 27.3 Å². The molecular weight excluding hydrogens is 342 g/mol. The van der Waals surface area contributed by atoms with Crippen LogP contribution < -0.4 is 5.32 Å². The van der Waals surface area contributed by atoms with Gasteiger partial charge in [-0.05, 0) is 24.1 Å². The Kier molecular flexibility index (Phi) is 5.73. The maximum Gasteiger partial charge on any atom is 0.335 e. The number of nitrogens with zero attached hydrogens (tertiary/aromatic N) is 2. The molecule has 0 saturated heterocycles. The van der Waals surface area contributed by atoms with E-state index in [1.54, 1.807) is 24.3 Å². The molecule has 1 aromatic heterocycles. The number of halogens is 1. The second kappa shape index (κ2) is 7.56. The third kappa shape index (κ3) is 5.04. The van der Waals surface area contributed by atoms with Crippen LogP contribution in [0.1, 0.15) is 31.2 Å². The standard InChI is InChI=1S/C14H16ClN3O4S/c1-2-3-12(19)16-8-13-17-18-14(22-13)23(20,21)9-10-4-6-11(15)7-5-10/h4-7H,2-3,8-9H2,1H3,(H,16,19). The number of nitrogens with one attached hydrogen (secondary N) is 1. The molecule has 0 aliphatic heterocycles. The summed E-state index contributed by atoms with van der Waals surface area (Å²) in [6.07, 6.45) is 1.10. The van der Waals surface area contributed by atoms with Crippen LogP contribution in [0.25, 0.3) is 0 Å². The van der Waals surface area contributed by atoms with E-state index in [2.05, 4.69) is 15.5 Å². The molecule has 0 aliphatic carbocycles. The van der Waals surface area contributed by atoms with Crippen molar-refractivity contribution < 1.29 is 17.6 Å². The van der Waals surface area contributed by atoms with Crippen molar-refractivity contribution in [3.8, 4) is 0 Å². The molecule has 7 nitrogen and oxygen atoms in total. The summed E-state index contributed by atoms with van der Waals surface area (Å²) in [7, 11) is -3.75. The molecule has 2 rings (SSSR count). The molecule has 0 atom stereocenters. The van der Waals surface area contributed by atoms with Gasteiger partial charge in [-0.15, -0.1) is 5.10 Å². The van der Waals surface area contributed by atoms with Gasteiger partial charge in [-0.3, -0.25) is 4.79 Å². The Morgan fingerprint density at radius 3 is 2.61 bits per heavy atom. The van der Waals surface area contributed by atoms with E-state index in [0.717, 1.165) is 6.42 Å². The molecule has 0 fully saturated rings. The lowest BCUT2D eigenvalue weighted by Crippen LogP contribution is -2.22. The van der Waals surface area contributed by atoms with Gasteiger partial charge >= 0.3 is 5.22 Å². The van der Waals surface area contributed by atoms with Crippen LogP contribution in [0.15, 0.2) is 33.9 Å². The maximum absolute atomic E-state index is 12.2. The molecule has 0 unspecified atom stereocenters. The van der Waals surface area contributed by atoms with E-state index in [0.29, 0.717) is 17.0 Å². The number of amides is 1. The maximum atomic E-state index is 12.2. The smallest absolute Gasteiger partial charge is 0.335 e. The molecule has 1 heterocycles. The van der Waals surface area contributed by atoms with Crippen molar-refractivity contribution in [1.82, 2.24) is 15.5 Å². The van der Waals surface area contributed by atoms with Crippen molar-refractivity contribution in [3.63, 3.8) is 0 Å². The van der Waals surface area contributed by atoms with E-state index >= 15 is 0 Å². The van der Waals surface area contributed by atoms with Crippen LogP contribution >= 0.6 is 11.6 Å². The van der Waals surface area contributed by atoms with Gasteiger partial charge in [0.2, 0.25) is 21.6 Å². The minimum absolute atomic E-state index is 0.00228. The number of sulfone groups is 1. The zero-order valence-electron chi connectivity index (χ0n) is 12.5. The van der Waals surface area contributed by atoms with E-state index in [9.17, 15) is 13.2 Å². The monoisotopic (exact) mass is 357 g/mol. The first kappa shape index (κ1) is 17.4. The molecular formula is C14H16ClN3O4S. The SMILES string of the molecule is CCCC(=O)NCc1nnc(S(=O)(=O)Cc2ccc(Cl)cc2)o1. The molecule has 2 aromatic rings. The first-order valence-corrected chi connectivity index (χ1v) is 9.00. The van der Waals surface area contributed by atoms with Gasteiger partial charge in [0.1, 0.15) is 0 Å². The van der Waals surface area contributed by atoms with E-state index in [1.165, 1.54) is 0 Å². The van der Waals surface area contributed by atoms with Crippen LogP contribution in [0.3, 0.4) is 0 Å². The van der Waals surface area contributed by atoms with Crippen molar-refractivity contribution in [2.45, 2.75) is 37.3 Å². The first-order valence-electron chi connectivity index (χ1n) is 6.97. The summed E-state index contributed by atoms with van der Waals surface area (Å²) < 4.78 is 29.6. The second-order valence-corrected chi connectivity index (χ2v) is 7.18. The number of benzene rings is 1. The van der Waals surface area contributed by atoms with Gasteiger partial charge in [-0.25, -0.2) is 8.42 Å². The summed E-state index contributed by atoms with van der Waals surface area (Å²) in [6, 6.07) is 6.44. The fourth-order valence-electron chi connectivity index (χ4n) is 1.79. The number of rotatable bonds is 7. The minimum Gasteiger partial charge on any atom is -0.411 e. The fourth-order valence-corrected chi connectivity index (χ4v) is 3.06. The topological polar surface area (TPSA) is 102 Å². The van der Waals surface area contributed by atoms with Gasteiger partial charge in [0.15, 0.2) is 0 Å². The Bertz CT molecular complexity index is 772. The zero-order chi connectivity index (χ0) is 16.9. The average molecular weight is 358 g/mol. The molecule has 1 amide bonds. The molecule has 23 heavy (non-hydrogen) atoms. The quantitative estimate of drug-likeness (QED) is 0.814. The molecule has 9 heteroatoms. The zero-order valence-corrected chi connectivity index (χ0v) is 14.0. The highest BCUT2D eigenvalue weighted by molar-refractivity contribution is 7.90. The summed E-state index contributed by atoms with van der Waals surface area (Å²) in [4.78, 5) is 11.4. The minimum atomic E-state index is -3.75. The first-order chi connectivity index (χ1) is 10.9. The van der Waals surface area contributed by atoms with Gasteiger partial charge in [-0.1, -0.05) is 35.8 Å². The van der Waals surface area contributed by atoms with Gasteiger partial charge in [0, 0.05) is 11.4 Å². The molecule has 0 aliphatic rings. The Labute approximate surface area is 139 Å². The number of hydrogen-bond acceptors (Lipinski definition) is 6. The Balaban J connectivity index is 2.03. The lowest BCUT2D eigenvalue weighted by molar-refractivity contribution is -0.121. The Hall–Kier alpha value is -1.93. The van der Waals surface area contributed by atoms with Gasteiger partial charge in [-0.2, -0.15) is 0 Å². The van der Waals surface area contributed by atoms with Crippen LogP contribution in [-0.4, -0.2) is 24.5 Å². The molecule has 0 saturated carbocycles. The van der Waals surface area contributed by atoms with Crippen molar-refractivity contribution in [2.24, 2.45) is 0 Å². The van der Waals surface area contributed by atoms with E-state index in [4.69, 9.17) is 16.0 Å². The molecule has 124 valence electrons. The van der Waals surface area contributed by atoms with Crippen LogP contribution in [0.5, 0.6) is 0 Å². The highest BCUT2D eigenvalue weighted by Crippen LogP contribution is 2.17. The Morgan fingerprint density at radius 2 is 1.96 bits per heavy atom. The van der Waals surface area contributed by atoms with E-state index < -0.39 is 15.1 Å². The number of carbonyl (C=O) groups excluding carboxylic acids is 1. The summed E-state index contributed by atoms with van der Waals surface area (Å²) in [5, 5.41) is 9.81. The van der Waals surface area contributed by atoms with Crippen LogP contribution in [0.2, 0.25) is 5.02 Å². The Morgan fingerprint density at radius 1 is 1.26 bits per heavy atom. The lowest BCUT2D eigenvalue weighted by Gasteiger charge is -2.01. The molecule has 1 N–H and O–H groups in total. The molecule has 0 radical (unpaired) electrons. The summed E-state index contributed by atoms with van der Waals surface area (Å²) in [5.41, 5.74) is 0.561. The number of hydrogen-bond donors (Lipinski definition) is 1. The van der Waals surface area contributed by atoms with E-state index in [1.807, 2.05) is 6.92 Å². The largest absolute Gasteiger partial charge is 0.411 e. The van der Waals surface area contributed by atoms with Crippen LogP contribution in [0, 0.1) is 0 Å². The van der Waals surface area contributed by atoms with Gasteiger partial charge in [0.25, 0.3) is 0 Å². The van der Waals surface area contributed by atoms with Crippen LogP contribution in [0.4, 0.5) is 0 Å². The fraction of sp³-hybridized carbons (Fsp3) is 0.357.